The molecule has 0 N–H and O–H groups in total. The lowest BCUT2D eigenvalue weighted by Crippen LogP contribution is -2.16. The molecule has 11 rings (SSSR count). The van der Waals surface area contributed by atoms with Crippen molar-refractivity contribution in [3.05, 3.63) is 278 Å². The lowest BCUT2D eigenvalue weighted by molar-refractivity contribution is 0.596. The number of anilines is 5. The van der Waals surface area contributed by atoms with Crippen LogP contribution in [0.2, 0.25) is 0 Å². The molecule has 0 radical (unpaired) electrons. The Hall–Kier alpha value is -8.46. The van der Waals surface area contributed by atoms with E-state index in [0.717, 1.165) is 42.7 Å². The Morgan fingerprint density at radius 1 is 0.324 bits per heavy atom. The van der Waals surface area contributed by atoms with E-state index in [1.165, 1.54) is 109 Å². The molecule has 74 heavy (non-hydrogen) atoms. The maximum Gasteiger partial charge on any atom is 0.0462 e. The molecule has 2 heteroatoms. The summed E-state index contributed by atoms with van der Waals surface area (Å²) < 4.78 is 0. The van der Waals surface area contributed by atoms with Gasteiger partial charge in [0.2, 0.25) is 0 Å². The summed E-state index contributed by atoms with van der Waals surface area (Å²) in [5, 5.41) is 0. The normalized spacial score (nSPS) is 13.5. The van der Waals surface area contributed by atoms with Gasteiger partial charge in [-0.1, -0.05) is 214 Å². The first-order chi connectivity index (χ1) is 36.6. The molecule has 2 nitrogen and oxygen atoms in total. The highest BCUT2D eigenvalue weighted by Crippen LogP contribution is 2.39. The van der Waals surface area contributed by atoms with Gasteiger partial charge in [-0.05, 0) is 184 Å². The van der Waals surface area contributed by atoms with Crippen molar-refractivity contribution in [1.82, 2.24) is 0 Å². The Bertz CT molecular complexity index is 3390. The van der Waals surface area contributed by atoms with Crippen molar-refractivity contribution in [3.8, 4) is 55.6 Å². The molecule has 0 amide bonds. The molecule has 1 unspecified atom stereocenters. The second-order valence-electron chi connectivity index (χ2n) is 19.7. The summed E-state index contributed by atoms with van der Waals surface area (Å²) in [5.41, 5.74) is 23.1. The van der Waals surface area contributed by atoms with Gasteiger partial charge < -0.3 is 9.80 Å². The van der Waals surface area contributed by atoms with E-state index in [-0.39, 0.29) is 0 Å². The SMILES string of the molecule is CCCC(CC)c1ccc(N(c2ccccc2)c2ccc(-c3ccc(-c4ccc(-c5ccc(-c6ccc(-c7ccc(N(C8=CCCC=C8)c8ccc(C9=CCCC=C9)cc8)cc7)cc6)cc5)cc4)cc3)cc2)cc1. The zero-order valence-electron chi connectivity index (χ0n) is 42.7. The summed E-state index contributed by atoms with van der Waals surface area (Å²) in [5.74, 6) is 0.611. The fourth-order valence-corrected chi connectivity index (χ4v) is 10.7. The summed E-state index contributed by atoms with van der Waals surface area (Å²) in [4.78, 5) is 4.73. The average molecular weight is 957 g/mol. The van der Waals surface area contributed by atoms with Gasteiger partial charge >= 0.3 is 0 Å². The number of para-hydroxylation sites is 1. The van der Waals surface area contributed by atoms with E-state index in [2.05, 4.69) is 285 Å². The smallest absolute Gasteiger partial charge is 0.0462 e. The van der Waals surface area contributed by atoms with Crippen molar-refractivity contribution in [3.63, 3.8) is 0 Å². The molecule has 0 spiro atoms. The van der Waals surface area contributed by atoms with Crippen molar-refractivity contribution in [2.45, 2.75) is 64.7 Å². The molecule has 9 aromatic carbocycles. The monoisotopic (exact) mass is 957 g/mol. The minimum atomic E-state index is 0.611. The van der Waals surface area contributed by atoms with Gasteiger partial charge in [0.25, 0.3) is 0 Å². The van der Waals surface area contributed by atoms with E-state index in [1.807, 2.05) is 0 Å². The van der Waals surface area contributed by atoms with Gasteiger partial charge in [-0.2, -0.15) is 0 Å². The fraction of sp³-hybridized carbons (Fsp3) is 0.139. The third-order valence-electron chi connectivity index (χ3n) is 14.9. The third-order valence-corrected chi connectivity index (χ3v) is 14.9. The number of benzene rings is 9. The maximum absolute atomic E-state index is 2.38. The third kappa shape index (κ3) is 10.7. The molecule has 0 aliphatic heterocycles. The Morgan fingerprint density at radius 2 is 0.662 bits per heavy atom. The number of nitrogens with zero attached hydrogens (tertiary/aromatic N) is 2. The summed E-state index contributed by atoms with van der Waals surface area (Å²) in [6, 6.07) is 82.8. The highest BCUT2D eigenvalue weighted by atomic mass is 15.1. The molecular formula is C72H64N2. The highest BCUT2D eigenvalue weighted by molar-refractivity contribution is 5.82. The van der Waals surface area contributed by atoms with Crippen LogP contribution in [0.15, 0.2) is 267 Å². The Kier molecular flexibility index (Phi) is 14.6. The summed E-state index contributed by atoms with van der Waals surface area (Å²) in [6.45, 7) is 4.58. The van der Waals surface area contributed by atoms with Gasteiger partial charge in [-0.25, -0.2) is 0 Å². The number of allylic oxidation sites excluding steroid dienone is 7. The Morgan fingerprint density at radius 3 is 1.01 bits per heavy atom. The van der Waals surface area contributed by atoms with Crippen LogP contribution in [0.3, 0.4) is 0 Å². The van der Waals surface area contributed by atoms with E-state index in [9.17, 15) is 0 Å². The fourth-order valence-electron chi connectivity index (χ4n) is 10.7. The van der Waals surface area contributed by atoms with Gasteiger partial charge in [-0.3, -0.25) is 0 Å². The molecule has 0 aromatic heterocycles. The number of rotatable bonds is 16. The second kappa shape index (κ2) is 22.5. The van der Waals surface area contributed by atoms with Crippen LogP contribution in [0, 0.1) is 0 Å². The van der Waals surface area contributed by atoms with Crippen LogP contribution in [0.4, 0.5) is 28.4 Å². The van der Waals surface area contributed by atoms with Crippen LogP contribution in [-0.2, 0) is 0 Å². The van der Waals surface area contributed by atoms with Crippen molar-refractivity contribution in [2.24, 2.45) is 0 Å². The van der Waals surface area contributed by atoms with Crippen LogP contribution in [0.25, 0.3) is 61.2 Å². The summed E-state index contributed by atoms with van der Waals surface area (Å²) >= 11 is 0. The minimum absolute atomic E-state index is 0.611. The van der Waals surface area contributed by atoms with E-state index >= 15 is 0 Å². The zero-order chi connectivity index (χ0) is 50.1. The van der Waals surface area contributed by atoms with E-state index < -0.39 is 0 Å². The van der Waals surface area contributed by atoms with Crippen LogP contribution in [0.1, 0.15) is 75.8 Å². The standard InChI is InChI=1S/C72H64N2/c1-3-14-53(4-2)55-37-45-69(46-38-55)73(67-17-10-6-11-18-67)71-49-41-65(42-50-71)62-33-29-60(30-34-62)58-25-21-56(22-26-58)57-23-27-59(28-24-57)61-31-35-63(36-32-61)66-43-51-72(52-44-66)74(68-19-12-7-13-20-68)70-47-39-64(40-48-70)54-15-8-5-9-16-54/h6,8,10-12,15-53H,3-5,7,9,13-14H2,1-2H3. The lowest BCUT2D eigenvalue weighted by Gasteiger charge is -2.28. The molecule has 2 aliphatic carbocycles. The van der Waals surface area contributed by atoms with Crippen molar-refractivity contribution < 1.29 is 0 Å². The summed E-state index contributed by atoms with van der Waals surface area (Å²) in [7, 11) is 0. The minimum Gasteiger partial charge on any atom is -0.311 e. The average Bonchev–Trinajstić information content (AvgIpc) is 3.48. The number of hydrogen-bond donors (Lipinski definition) is 0. The molecular weight excluding hydrogens is 893 g/mol. The van der Waals surface area contributed by atoms with Gasteiger partial charge in [0, 0.05) is 34.1 Å². The molecule has 0 saturated carbocycles. The molecule has 0 fully saturated rings. The van der Waals surface area contributed by atoms with Crippen LogP contribution >= 0.6 is 0 Å². The highest BCUT2D eigenvalue weighted by Gasteiger charge is 2.17. The largest absolute Gasteiger partial charge is 0.311 e. The van der Waals surface area contributed by atoms with E-state index in [1.54, 1.807) is 0 Å². The molecule has 9 aromatic rings. The molecule has 362 valence electrons. The van der Waals surface area contributed by atoms with Crippen molar-refractivity contribution >= 4 is 34.0 Å². The topological polar surface area (TPSA) is 6.48 Å². The van der Waals surface area contributed by atoms with E-state index in [4.69, 9.17) is 0 Å². The van der Waals surface area contributed by atoms with E-state index in [0.29, 0.717) is 5.92 Å². The number of hydrogen-bond acceptors (Lipinski definition) is 2. The zero-order valence-corrected chi connectivity index (χ0v) is 42.7. The second-order valence-corrected chi connectivity index (χ2v) is 19.7. The van der Waals surface area contributed by atoms with Crippen molar-refractivity contribution in [1.29, 1.82) is 0 Å². The first kappa shape index (κ1) is 47.8. The predicted octanol–water partition coefficient (Wildman–Crippen LogP) is 20.9. The Labute approximate surface area is 439 Å². The van der Waals surface area contributed by atoms with Gasteiger partial charge in [0.1, 0.15) is 0 Å². The Balaban J connectivity index is 0.732. The molecule has 1 atom stereocenters. The molecule has 0 bridgehead atoms. The van der Waals surface area contributed by atoms with Crippen LogP contribution < -0.4 is 9.80 Å². The first-order valence-corrected chi connectivity index (χ1v) is 26.8. The van der Waals surface area contributed by atoms with Crippen LogP contribution in [0.5, 0.6) is 0 Å². The summed E-state index contributed by atoms with van der Waals surface area (Å²) in [6.07, 6.45) is 21.7. The maximum atomic E-state index is 2.38. The van der Waals surface area contributed by atoms with Gasteiger partial charge in [0.15, 0.2) is 0 Å². The molecule has 0 heterocycles. The predicted molar refractivity (Wildman–Crippen MR) is 318 cm³/mol. The molecule has 0 saturated heterocycles. The quantitative estimate of drug-likeness (QED) is 0.0952. The molecule has 2 aliphatic rings. The van der Waals surface area contributed by atoms with Gasteiger partial charge in [0.05, 0.1) is 0 Å². The first-order valence-electron chi connectivity index (χ1n) is 26.8. The lowest BCUT2D eigenvalue weighted by atomic mass is 9.92. The van der Waals surface area contributed by atoms with Crippen molar-refractivity contribution in [2.75, 3.05) is 9.80 Å². The van der Waals surface area contributed by atoms with Gasteiger partial charge in [-0.15, -0.1) is 0 Å². The van der Waals surface area contributed by atoms with Crippen LogP contribution in [-0.4, -0.2) is 0 Å².